The maximum absolute atomic E-state index is 15.1. The largest absolute Gasteiger partial charge is 0.505 e. The van der Waals surface area contributed by atoms with Crippen molar-refractivity contribution in [2.75, 3.05) is 30.8 Å². The van der Waals surface area contributed by atoms with Crippen LogP contribution in [-0.4, -0.2) is 135 Å². The molecule has 5 amide bonds. The van der Waals surface area contributed by atoms with Crippen molar-refractivity contribution in [2.24, 2.45) is 52.0 Å². The molecule has 1 aromatic heterocycles. The number of ketones is 2. The third kappa shape index (κ3) is 16.8. The minimum absolute atomic E-state index is 0.0764. The highest BCUT2D eigenvalue weighted by Gasteiger charge is 2.50. The second kappa shape index (κ2) is 32.0. The molecule has 524 valence electrons. The second-order valence-electron chi connectivity index (χ2n) is 25.9. The monoisotopic (exact) mass is 1350 g/mol. The van der Waals surface area contributed by atoms with E-state index in [1.807, 2.05) is 0 Å². The van der Waals surface area contributed by atoms with Gasteiger partial charge in [0.25, 0.3) is 23.5 Å². The average Bonchev–Trinajstić information content (AvgIpc) is 1.39. The Hall–Kier alpha value is -9.79. The van der Waals surface area contributed by atoms with Gasteiger partial charge in [-0.1, -0.05) is 84.4 Å². The number of aromatic hydroxyl groups is 1. The quantitative estimate of drug-likeness (QED) is 0.00479. The van der Waals surface area contributed by atoms with Crippen LogP contribution in [-0.2, 0) is 54.4 Å². The number of allylic oxidation sites excluding steroid dienone is 2. The van der Waals surface area contributed by atoms with Crippen LogP contribution in [0, 0.1) is 42.4 Å². The fourth-order valence-corrected chi connectivity index (χ4v) is 12.5. The Morgan fingerprint density at radius 3 is 2.24 bits per heavy atom. The van der Waals surface area contributed by atoms with Crippen molar-refractivity contribution in [2.45, 2.75) is 157 Å². The molecule has 26 nitrogen and oxygen atoms in total. The van der Waals surface area contributed by atoms with Crippen molar-refractivity contribution >= 4 is 97.4 Å². The van der Waals surface area contributed by atoms with Gasteiger partial charge in [-0.2, -0.15) is 0 Å². The third-order valence-electron chi connectivity index (χ3n) is 18.3. The lowest BCUT2D eigenvalue weighted by Gasteiger charge is -2.38. The van der Waals surface area contributed by atoms with Gasteiger partial charge in [-0.3, -0.25) is 53.0 Å². The zero-order valence-corrected chi connectivity index (χ0v) is 57.0. The van der Waals surface area contributed by atoms with Gasteiger partial charge in [0.2, 0.25) is 11.8 Å². The summed E-state index contributed by atoms with van der Waals surface area (Å²) in [6.07, 6.45) is 7.66. The average molecular weight is 1350 g/mol. The summed E-state index contributed by atoms with van der Waals surface area (Å²) in [5.74, 6) is -11.0. The number of ether oxygens (including phenoxy) is 5. The first kappa shape index (κ1) is 74.0. The Balaban J connectivity index is 1.08. The van der Waals surface area contributed by atoms with Gasteiger partial charge < -0.3 is 70.8 Å². The number of aromatic nitrogens is 1. The number of nitrogens with zero attached hydrogens (tertiary/aromatic N) is 3. The van der Waals surface area contributed by atoms with Crippen molar-refractivity contribution in [1.82, 2.24) is 15.2 Å². The Labute approximate surface area is 566 Å². The number of methoxy groups -OCH3 is 1. The number of para-hydroxylation sites is 1. The minimum atomic E-state index is -2.16. The number of phenols is 1. The number of guanidine groups is 1. The molecule has 3 aliphatic rings. The lowest BCUT2D eigenvalue weighted by Crippen LogP contribution is -2.46. The normalized spacial score (nSPS) is 24.0. The van der Waals surface area contributed by atoms with Crippen LogP contribution in [0.2, 0.25) is 0 Å². The highest BCUT2D eigenvalue weighted by Crippen LogP contribution is 2.49. The lowest BCUT2D eigenvalue weighted by atomic mass is 9.78. The zero-order chi connectivity index (χ0) is 71.6. The number of esters is 1. The second-order valence-corrected chi connectivity index (χ2v) is 25.9. The number of rotatable bonds is 22. The predicted octanol–water partition coefficient (Wildman–Crippen LogP) is 7.77. The van der Waals surface area contributed by atoms with Crippen LogP contribution in [0.1, 0.15) is 129 Å². The number of phenolic OH excluding ortho intramolecular Hbond substituents is 1. The molecule has 3 aliphatic heterocycles. The number of aliphatic imine (C=N–C) groups is 1. The van der Waals surface area contributed by atoms with Crippen LogP contribution in [0.15, 0.2) is 105 Å². The highest BCUT2D eigenvalue weighted by molar-refractivity contribution is 6.26. The summed E-state index contributed by atoms with van der Waals surface area (Å²) >= 11 is 0. The summed E-state index contributed by atoms with van der Waals surface area (Å²) in [4.78, 5) is 132. The topological polar surface area (TPSA) is 390 Å². The number of amides is 5. The molecule has 4 heterocycles. The number of anilines is 2. The first-order valence-corrected chi connectivity index (χ1v) is 32.8. The van der Waals surface area contributed by atoms with Gasteiger partial charge in [-0.05, 0) is 81.4 Å². The van der Waals surface area contributed by atoms with E-state index in [4.69, 9.17) is 44.6 Å². The van der Waals surface area contributed by atoms with Crippen LogP contribution in [0.4, 0.5) is 11.4 Å². The molecule has 26 heteroatoms. The van der Waals surface area contributed by atoms with Crippen molar-refractivity contribution in [1.29, 1.82) is 0 Å². The molecular formula is C72H88N8O18. The van der Waals surface area contributed by atoms with Gasteiger partial charge in [-0.25, -0.2) is 4.98 Å². The molecule has 4 bridgehead atoms. The molecule has 0 saturated heterocycles. The lowest BCUT2D eigenvalue weighted by molar-refractivity contribution is -0.160. The summed E-state index contributed by atoms with van der Waals surface area (Å²) in [7, 11) is 1.42. The number of aliphatic hydroxyl groups excluding tert-OH is 2. The number of hydrogen-bond donors (Lipinski definition) is 8. The molecule has 5 aromatic rings. The predicted molar refractivity (Wildman–Crippen MR) is 365 cm³/mol. The van der Waals surface area contributed by atoms with Gasteiger partial charge in [0.1, 0.15) is 40.9 Å². The Morgan fingerprint density at radius 1 is 0.878 bits per heavy atom. The van der Waals surface area contributed by atoms with E-state index in [2.05, 4.69) is 20.9 Å². The Kier molecular flexibility index (Phi) is 24.2. The van der Waals surface area contributed by atoms with Crippen molar-refractivity contribution < 1.29 is 81.8 Å². The van der Waals surface area contributed by atoms with Crippen LogP contribution in [0.25, 0.3) is 33.0 Å². The number of Topliss-reactive ketones (excluding diaryl/α,β-unsaturated/α-hetero) is 2. The number of unbranched alkanes of at least 4 members (excludes halogenated alkanes) is 2. The molecular weight excluding hydrogens is 1260 g/mol. The number of carbonyl (C=O) groups is 8. The van der Waals surface area contributed by atoms with E-state index in [9.17, 15) is 53.7 Å². The van der Waals surface area contributed by atoms with Gasteiger partial charge in [-0.15, -0.1) is 0 Å². The molecule has 10 N–H and O–H groups in total. The molecule has 0 aliphatic carbocycles. The Bertz CT molecular complexity index is 4100. The van der Waals surface area contributed by atoms with Gasteiger partial charge in [0, 0.05) is 111 Å². The minimum Gasteiger partial charge on any atom is -0.505 e. The van der Waals surface area contributed by atoms with E-state index in [0.29, 0.717) is 36.9 Å². The van der Waals surface area contributed by atoms with Crippen LogP contribution in [0.3, 0.4) is 0 Å². The molecule has 0 saturated carbocycles. The molecule has 98 heavy (non-hydrogen) atoms. The number of aliphatic hydroxyl groups is 2. The van der Waals surface area contributed by atoms with E-state index in [1.165, 1.54) is 65.4 Å². The van der Waals surface area contributed by atoms with Crippen LogP contribution in [0.5, 0.6) is 17.2 Å². The molecule has 11 atom stereocenters. The van der Waals surface area contributed by atoms with E-state index < -0.39 is 106 Å². The van der Waals surface area contributed by atoms with Crippen LogP contribution >= 0.6 is 0 Å². The molecule has 0 unspecified atom stereocenters. The number of carbonyl (C=O) groups excluding carboxylic acids is 8. The summed E-state index contributed by atoms with van der Waals surface area (Å²) in [6.45, 7) is 16.3. The number of hydrogen-bond acceptors (Lipinski definition) is 20. The maximum atomic E-state index is 15.1. The Morgan fingerprint density at radius 2 is 1.58 bits per heavy atom. The number of imide groups is 1. The molecule has 0 fully saturated rings. The van der Waals surface area contributed by atoms with Gasteiger partial charge in [0.15, 0.2) is 34.1 Å². The standard InChI is InChI=1S/C72H88N8O18/c1-36(2)57(77-51(83)23-13-12-14-32-80-52(84)28-29-53(80)85)47(82)34-45(20-17-31-75-71(73)74)70(92)76-46-26-24-44(25-27-46)35-94-49-21-16-22-50-58(49)78-59-54-55-63(88)42(8)66-56(54)68(90)72(10,98-66)95-33-30-48(93-11)39(5)65(96-43(9)81)41(7)62(87)40(6)61(86)37(3)18-15-19-38(4)69(91)79-60(64(55)89)67(59)97-50/h15-16,18-19,21-22,24-30,33,36-37,39-41,45,48,57,61-62,65,86-87,89H,12-14,17,20,23,31-32,34-35H2,1-11H3,(H,76,92)(H,77,83)(H,79,91)(H4,73,74,75)/b18-15+,33-30+,38-19-/t37-,39+,40+,41+,45+,48-,57-,61-,62+,65+,72-/m0/s1. The van der Waals surface area contributed by atoms with E-state index >= 15 is 4.79 Å². The number of fused-ring (bicyclic) bond motifs is 2. The number of nitrogens with one attached hydrogen (secondary N) is 3. The van der Waals surface area contributed by atoms with E-state index in [0.717, 1.165) is 4.90 Å². The zero-order valence-electron chi connectivity index (χ0n) is 57.0. The van der Waals surface area contributed by atoms with Crippen molar-refractivity contribution in [3.05, 3.63) is 118 Å². The third-order valence-corrected chi connectivity index (χ3v) is 18.3. The van der Waals surface area contributed by atoms with E-state index in [1.54, 1.807) is 96.2 Å². The highest BCUT2D eigenvalue weighted by atomic mass is 16.7. The van der Waals surface area contributed by atoms with Crippen molar-refractivity contribution in [3.8, 4) is 17.2 Å². The maximum Gasteiger partial charge on any atom is 0.312 e. The van der Waals surface area contributed by atoms with Gasteiger partial charge in [0.05, 0.1) is 41.6 Å². The fourth-order valence-electron chi connectivity index (χ4n) is 12.5. The summed E-state index contributed by atoms with van der Waals surface area (Å²) in [6, 6.07) is 10.6. The number of benzene rings is 4. The SMILES string of the molecule is CO[C@H]1/C=C/O[C@@]2(C)Oc3c(C)c(=O)c4c(O)c(c5oc6cccc(OCc7ccc(NC(=O)[C@H](CCCN=C(N)N)CC(=O)[C@@H](NC(=O)CCCCCN8C(=O)C=CC8=O)C(C)C)cc7)c6nc5c4c3C2=O)NC(=O)/C(C)=C\C=C\[C@H](C)[C@H](O)[C@@H](C)[C@@H](O)[C@@H](C)[C@H](OC(C)=O)[C@@H]1C. The van der Waals surface area contributed by atoms with Crippen LogP contribution < -0.4 is 42.3 Å². The number of nitrogens with two attached hydrogens (primary N) is 2. The molecule has 8 rings (SSSR count). The van der Waals surface area contributed by atoms with Gasteiger partial charge >= 0.3 is 11.8 Å². The molecule has 0 radical (unpaired) electrons. The smallest absolute Gasteiger partial charge is 0.312 e. The molecule has 4 aromatic carbocycles. The summed E-state index contributed by atoms with van der Waals surface area (Å²) < 4.78 is 37.1. The first-order valence-electron chi connectivity index (χ1n) is 32.8. The van der Waals surface area contributed by atoms with Crippen molar-refractivity contribution in [3.63, 3.8) is 0 Å². The first-order chi connectivity index (χ1) is 46.5. The molecule has 0 spiro atoms. The fraction of sp³-hybridized carbons (Fsp3) is 0.458. The summed E-state index contributed by atoms with van der Waals surface area (Å²) in [5.41, 5.74) is 10.6. The summed E-state index contributed by atoms with van der Waals surface area (Å²) in [5, 5.41) is 43.5. The van der Waals surface area contributed by atoms with E-state index in [-0.39, 0.29) is 136 Å².